The Hall–Kier alpha value is -0.940. The number of hydrogen-bond donors (Lipinski definition) is 1. The monoisotopic (exact) mass is 243 g/mol. The molecule has 1 N–H and O–H groups in total. The number of aromatic carboxylic acids is 1. The summed E-state index contributed by atoms with van der Waals surface area (Å²) >= 11 is 1.23. The summed E-state index contributed by atoms with van der Waals surface area (Å²) in [6, 6.07) is 0. The summed E-state index contributed by atoms with van der Waals surface area (Å²) in [5.74, 6) is -0.896. The number of carboxylic acid groups (broad SMARTS) is 1. The van der Waals surface area contributed by atoms with Crippen LogP contribution in [0.3, 0.4) is 0 Å². The number of carboxylic acids is 1. The van der Waals surface area contributed by atoms with Crippen molar-refractivity contribution < 1.29 is 14.6 Å². The van der Waals surface area contributed by atoms with Crippen LogP contribution in [0.2, 0.25) is 0 Å². The zero-order valence-corrected chi connectivity index (χ0v) is 10.6. The van der Waals surface area contributed by atoms with Gasteiger partial charge in [-0.15, -0.1) is 11.3 Å². The molecule has 0 aliphatic rings. The van der Waals surface area contributed by atoms with Gasteiger partial charge in [0.05, 0.1) is 5.69 Å². The van der Waals surface area contributed by atoms with Crippen molar-refractivity contribution in [2.75, 3.05) is 7.11 Å². The van der Waals surface area contributed by atoms with Crippen molar-refractivity contribution in [1.29, 1.82) is 0 Å². The normalized spacial score (nSPS) is 12.7. The maximum absolute atomic E-state index is 11.0. The van der Waals surface area contributed by atoms with E-state index in [0.29, 0.717) is 17.0 Å². The summed E-state index contributed by atoms with van der Waals surface area (Å²) in [4.78, 5) is 15.7. The summed E-state index contributed by atoms with van der Waals surface area (Å²) in [5, 5.41) is 9.80. The molecule has 1 atom stereocenters. The van der Waals surface area contributed by atoms with Gasteiger partial charge < -0.3 is 9.84 Å². The zero-order valence-electron chi connectivity index (χ0n) is 9.82. The van der Waals surface area contributed by atoms with Gasteiger partial charge in [-0.05, 0) is 12.8 Å². The van der Waals surface area contributed by atoms with E-state index in [9.17, 15) is 4.79 Å². The Labute approximate surface area is 99.3 Å². The smallest absolute Gasteiger partial charge is 0.347 e. The predicted molar refractivity (Wildman–Crippen MR) is 63.1 cm³/mol. The number of carbonyl (C=O) groups is 1. The van der Waals surface area contributed by atoms with Crippen LogP contribution in [0.15, 0.2) is 0 Å². The number of thiazole rings is 1. The van der Waals surface area contributed by atoms with Crippen LogP contribution in [-0.4, -0.2) is 23.2 Å². The summed E-state index contributed by atoms with van der Waals surface area (Å²) in [5.41, 5.74) is 0.658. The number of methoxy groups -OCH3 is 1. The molecule has 5 heteroatoms. The highest BCUT2D eigenvalue weighted by Crippen LogP contribution is 2.29. The molecule has 1 aromatic heterocycles. The van der Waals surface area contributed by atoms with E-state index in [-0.39, 0.29) is 6.10 Å². The van der Waals surface area contributed by atoms with E-state index in [4.69, 9.17) is 9.84 Å². The first-order chi connectivity index (χ1) is 7.63. The maximum atomic E-state index is 11.0. The van der Waals surface area contributed by atoms with Crippen molar-refractivity contribution in [1.82, 2.24) is 4.98 Å². The Bertz CT molecular complexity index is 362. The third-order valence-electron chi connectivity index (χ3n) is 2.35. The van der Waals surface area contributed by atoms with Crippen molar-refractivity contribution in [2.45, 2.75) is 39.2 Å². The molecule has 1 rings (SSSR count). The SMILES string of the molecule is CCCC(OC)c1nc(CC)c(C(=O)O)s1. The molecule has 0 aliphatic carbocycles. The van der Waals surface area contributed by atoms with Gasteiger partial charge in [-0.25, -0.2) is 9.78 Å². The third kappa shape index (κ3) is 2.80. The standard InChI is InChI=1S/C11H17NO3S/c1-4-6-8(15-3)10-12-7(5-2)9(16-10)11(13)14/h8H,4-6H2,1-3H3,(H,13,14). The molecule has 0 bridgehead atoms. The van der Waals surface area contributed by atoms with Gasteiger partial charge in [0.2, 0.25) is 0 Å². The fourth-order valence-electron chi connectivity index (χ4n) is 1.52. The minimum Gasteiger partial charge on any atom is -0.477 e. The Morgan fingerprint density at radius 3 is 2.62 bits per heavy atom. The molecule has 4 nitrogen and oxygen atoms in total. The molecule has 0 aliphatic heterocycles. The Morgan fingerprint density at radius 2 is 2.25 bits per heavy atom. The lowest BCUT2D eigenvalue weighted by Gasteiger charge is -2.10. The number of aryl methyl sites for hydroxylation is 1. The molecule has 90 valence electrons. The summed E-state index contributed by atoms with van der Waals surface area (Å²) in [6.07, 6.45) is 2.42. The average Bonchev–Trinajstić information content (AvgIpc) is 2.69. The second-order valence-corrected chi connectivity index (χ2v) is 4.53. The minimum atomic E-state index is -0.896. The fraction of sp³-hybridized carbons (Fsp3) is 0.636. The van der Waals surface area contributed by atoms with E-state index in [0.717, 1.165) is 17.8 Å². The van der Waals surface area contributed by atoms with Gasteiger partial charge in [0.1, 0.15) is 16.0 Å². The molecule has 0 spiro atoms. The number of aromatic nitrogens is 1. The lowest BCUT2D eigenvalue weighted by molar-refractivity contribution is 0.0701. The molecule has 1 heterocycles. The van der Waals surface area contributed by atoms with Crippen LogP contribution in [0.4, 0.5) is 0 Å². The highest BCUT2D eigenvalue weighted by atomic mass is 32.1. The van der Waals surface area contributed by atoms with Crippen LogP contribution in [0.1, 0.15) is 53.2 Å². The van der Waals surface area contributed by atoms with Gasteiger partial charge in [0.15, 0.2) is 0 Å². The average molecular weight is 243 g/mol. The van der Waals surface area contributed by atoms with Crippen molar-refractivity contribution in [3.8, 4) is 0 Å². The fourth-order valence-corrected chi connectivity index (χ4v) is 2.62. The van der Waals surface area contributed by atoms with Crippen LogP contribution in [0.5, 0.6) is 0 Å². The number of rotatable bonds is 6. The Morgan fingerprint density at radius 1 is 1.56 bits per heavy atom. The van der Waals surface area contributed by atoms with Gasteiger partial charge >= 0.3 is 5.97 Å². The van der Waals surface area contributed by atoms with Crippen LogP contribution in [0, 0.1) is 0 Å². The van der Waals surface area contributed by atoms with Crippen LogP contribution in [0.25, 0.3) is 0 Å². The van der Waals surface area contributed by atoms with E-state index >= 15 is 0 Å². The van der Waals surface area contributed by atoms with E-state index < -0.39 is 5.97 Å². The van der Waals surface area contributed by atoms with Crippen molar-refractivity contribution in [3.05, 3.63) is 15.6 Å². The van der Waals surface area contributed by atoms with Crippen molar-refractivity contribution >= 4 is 17.3 Å². The van der Waals surface area contributed by atoms with E-state index in [1.165, 1.54) is 11.3 Å². The molecule has 16 heavy (non-hydrogen) atoms. The zero-order chi connectivity index (χ0) is 12.1. The van der Waals surface area contributed by atoms with Crippen molar-refractivity contribution in [2.24, 2.45) is 0 Å². The van der Waals surface area contributed by atoms with Crippen LogP contribution < -0.4 is 0 Å². The van der Waals surface area contributed by atoms with Gasteiger partial charge in [-0.3, -0.25) is 0 Å². The molecule has 0 aromatic carbocycles. The Balaban J connectivity index is 3.00. The van der Waals surface area contributed by atoms with E-state index in [1.807, 2.05) is 6.92 Å². The summed E-state index contributed by atoms with van der Waals surface area (Å²) < 4.78 is 5.32. The largest absolute Gasteiger partial charge is 0.477 e. The van der Waals surface area contributed by atoms with Crippen LogP contribution >= 0.6 is 11.3 Å². The molecule has 0 radical (unpaired) electrons. The molecule has 0 saturated carbocycles. The van der Waals surface area contributed by atoms with E-state index in [2.05, 4.69) is 11.9 Å². The molecular formula is C11H17NO3S. The first kappa shape index (κ1) is 13.1. The maximum Gasteiger partial charge on any atom is 0.347 e. The third-order valence-corrected chi connectivity index (χ3v) is 3.53. The first-order valence-corrected chi connectivity index (χ1v) is 6.21. The topological polar surface area (TPSA) is 59.4 Å². The quantitative estimate of drug-likeness (QED) is 0.834. The molecule has 0 fully saturated rings. The van der Waals surface area contributed by atoms with Gasteiger partial charge in [-0.2, -0.15) is 0 Å². The highest BCUT2D eigenvalue weighted by molar-refractivity contribution is 7.13. The van der Waals surface area contributed by atoms with Crippen molar-refractivity contribution in [3.63, 3.8) is 0 Å². The first-order valence-electron chi connectivity index (χ1n) is 5.39. The molecule has 0 amide bonds. The molecule has 0 saturated heterocycles. The van der Waals surface area contributed by atoms with E-state index in [1.54, 1.807) is 7.11 Å². The molecular weight excluding hydrogens is 226 g/mol. The number of nitrogens with zero attached hydrogens (tertiary/aromatic N) is 1. The summed E-state index contributed by atoms with van der Waals surface area (Å²) in [6.45, 7) is 3.98. The number of ether oxygens (including phenoxy) is 1. The van der Waals surface area contributed by atoms with Crippen LogP contribution in [-0.2, 0) is 11.2 Å². The molecule has 1 unspecified atom stereocenters. The minimum absolute atomic E-state index is 0.0756. The lowest BCUT2D eigenvalue weighted by atomic mass is 10.2. The predicted octanol–water partition coefficient (Wildman–Crippen LogP) is 2.89. The lowest BCUT2D eigenvalue weighted by Crippen LogP contribution is -2.00. The van der Waals surface area contributed by atoms with Gasteiger partial charge in [0.25, 0.3) is 0 Å². The molecule has 1 aromatic rings. The second-order valence-electron chi connectivity index (χ2n) is 3.50. The highest BCUT2D eigenvalue weighted by Gasteiger charge is 2.20. The number of hydrogen-bond acceptors (Lipinski definition) is 4. The Kier molecular flexibility index (Phi) is 4.89. The van der Waals surface area contributed by atoms with Gasteiger partial charge in [-0.1, -0.05) is 20.3 Å². The summed E-state index contributed by atoms with van der Waals surface area (Å²) in [7, 11) is 1.63. The second kappa shape index (κ2) is 5.96. The van der Waals surface area contributed by atoms with Gasteiger partial charge in [0, 0.05) is 7.11 Å².